The van der Waals surface area contributed by atoms with Crippen molar-refractivity contribution in [3.63, 3.8) is 0 Å². The predicted octanol–water partition coefficient (Wildman–Crippen LogP) is 12.7. The third-order valence-corrected chi connectivity index (χ3v) is 10.8. The van der Waals surface area contributed by atoms with Crippen molar-refractivity contribution < 1.29 is 0 Å². The van der Waals surface area contributed by atoms with Crippen LogP contribution in [0.1, 0.15) is 0 Å². The maximum atomic E-state index is 2.43. The van der Waals surface area contributed by atoms with Crippen LogP contribution in [0.15, 0.2) is 152 Å². The molecule has 0 fully saturated rings. The molecular weight excluding hydrogens is 559 g/mol. The quantitative estimate of drug-likeness (QED) is 0.199. The molecule has 0 spiro atoms. The molecule has 0 saturated carbocycles. The van der Waals surface area contributed by atoms with Crippen molar-refractivity contribution >= 4 is 90.9 Å². The van der Waals surface area contributed by atoms with Gasteiger partial charge in [0.2, 0.25) is 0 Å². The first-order valence-corrected chi connectivity index (χ1v) is 16.1. The molecule has 0 radical (unpaired) electrons. The van der Waals surface area contributed by atoms with Gasteiger partial charge >= 0.3 is 0 Å². The number of benzene rings is 7. The molecule has 0 aliphatic carbocycles. The van der Waals surface area contributed by atoms with E-state index in [1.54, 1.807) is 0 Å². The van der Waals surface area contributed by atoms with Crippen molar-refractivity contribution in [2.24, 2.45) is 0 Å². The van der Waals surface area contributed by atoms with Crippen LogP contribution in [0.5, 0.6) is 0 Å². The molecule has 1 nitrogen and oxygen atoms in total. The van der Waals surface area contributed by atoms with Crippen LogP contribution in [0, 0.1) is 0 Å². The van der Waals surface area contributed by atoms with Crippen LogP contribution < -0.4 is 4.90 Å². The number of nitrogens with zero attached hydrogens (tertiary/aromatic N) is 1. The molecule has 0 N–H and O–H groups in total. The Hall–Kier alpha value is -4.96. The van der Waals surface area contributed by atoms with E-state index >= 15 is 0 Å². The molecule has 2 aromatic heterocycles. The molecule has 0 atom stereocenters. The summed E-state index contributed by atoms with van der Waals surface area (Å²) in [4.78, 5) is 2.43. The highest BCUT2D eigenvalue weighted by Gasteiger charge is 2.19. The average Bonchev–Trinajstić information content (AvgIpc) is 3.65. The number of thiophene rings is 2. The van der Waals surface area contributed by atoms with Gasteiger partial charge in [0.05, 0.1) is 10.4 Å². The molecule has 0 amide bonds. The number of hydrogen-bond acceptors (Lipinski definition) is 3. The molecule has 9 rings (SSSR count). The average molecular weight is 584 g/mol. The van der Waals surface area contributed by atoms with Gasteiger partial charge in [-0.25, -0.2) is 0 Å². The Labute approximate surface area is 257 Å². The number of hydrogen-bond donors (Lipinski definition) is 0. The molecule has 2 heterocycles. The van der Waals surface area contributed by atoms with Gasteiger partial charge in [-0.15, -0.1) is 22.7 Å². The Morgan fingerprint density at radius 1 is 0.395 bits per heavy atom. The first-order chi connectivity index (χ1) is 21.3. The van der Waals surface area contributed by atoms with Gasteiger partial charge in [-0.05, 0) is 70.4 Å². The maximum absolute atomic E-state index is 2.43. The lowest BCUT2D eigenvalue weighted by Crippen LogP contribution is -2.10. The van der Waals surface area contributed by atoms with Gasteiger partial charge in [-0.1, -0.05) is 103 Å². The van der Waals surface area contributed by atoms with Gasteiger partial charge in [0.1, 0.15) is 0 Å². The van der Waals surface area contributed by atoms with Gasteiger partial charge in [-0.3, -0.25) is 0 Å². The molecular formula is C40H25NS2. The molecule has 0 aliphatic heterocycles. The largest absolute Gasteiger partial charge is 0.309 e. The summed E-state index contributed by atoms with van der Waals surface area (Å²) in [6, 6.07) is 55.4. The highest BCUT2D eigenvalue weighted by molar-refractivity contribution is 7.26. The lowest BCUT2D eigenvalue weighted by atomic mass is 10.0. The van der Waals surface area contributed by atoms with Crippen LogP contribution in [0.2, 0.25) is 0 Å². The highest BCUT2D eigenvalue weighted by atomic mass is 32.1. The number of rotatable bonds is 4. The molecule has 0 saturated heterocycles. The normalized spacial score (nSPS) is 11.7. The van der Waals surface area contributed by atoms with Gasteiger partial charge in [0.25, 0.3) is 0 Å². The lowest BCUT2D eigenvalue weighted by molar-refractivity contribution is 1.31. The lowest BCUT2D eigenvalue weighted by Gasteiger charge is -2.26. The third-order valence-electron chi connectivity index (χ3n) is 8.46. The second kappa shape index (κ2) is 9.81. The second-order valence-corrected chi connectivity index (χ2v) is 13.1. The third kappa shape index (κ3) is 3.97. The van der Waals surface area contributed by atoms with E-state index in [9.17, 15) is 0 Å². The minimum atomic E-state index is 1.14. The smallest absolute Gasteiger partial charge is 0.0640 e. The van der Waals surface area contributed by atoms with E-state index in [1.165, 1.54) is 67.9 Å². The summed E-state index contributed by atoms with van der Waals surface area (Å²) in [5.74, 6) is 0. The fraction of sp³-hybridized carbons (Fsp3) is 0. The van der Waals surface area contributed by atoms with E-state index in [1.807, 2.05) is 22.7 Å². The molecule has 7 aromatic carbocycles. The molecule has 0 aliphatic rings. The molecule has 0 unspecified atom stereocenters. The van der Waals surface area contributed by atoms with E-state index in [0.29, 0.717) is 0 Å². The van der Waals surface area contributed by atoms with Crippen molar-refractivity contribution in [2.75, 3.05) is 4.90 Å². The number of anilines is 3. The van der Waals surface area contributed by atoms with E-state index in [-0.39, 0.29) is 0 Å². The highest BCUT2D eigenvalue weighted by Crippen LogP contribution is 2.46. The first-order valence-electron chi connectivity index (χ1n) is 14.5. The van der Waals surface area contributed by atoms with Crippen molar-refractivity contribution in [2.45, 2.75) is 0 Å². The van der Waals surface area contributed by atoms with E-state index in [0.717, 1.165) is 11.4 Å². The van der Waals surface area contributed by atoms with Crippen LogP contribution in [0.3, 0.4) is 0 Å². The zero-order valence-electron chi connectivity index (χ0n) is 23.2. The zero-order chi connectivity index (χ0) is 28.3. The summed E-state index contributed by atoms with van der Waals surface area (Å²) < 4.78 is 5.29. The van der Waals surface area contributed by atoms with Crippen LogP contribution in [-0.4, -0.2) is 0 Å². The van der Waals surface area contributed by atoms with E-state index in [2.05, 4.69) is 157 Å². The van der Waals surface area contributed by atoms with E-state index < -0.39 is 0 Å². The summed E-state index contributed by atoms with van der Waals surface area (Å²) in [6.45, 7) is 0. The Morgan fingerprint density at radius 2 is 1.07 bits per heavy atom. The van der Waals surface area contributed by atoms with Crippen molar-refractivity contribution in [1.82, 2.24) is 0 Å². The Bertz CT molecular complexity index is 2450. The fourth-order valence-electron chi connectivity index (χ4n) is 6.45. The summed E-state index contributed by atoms with van der Waals surface area (Å²) in [7, 11) is 0. The van der Waals surface area contributed by atoms with Gasteiger partial charge in [0.15, 0.2) is 0 Å². The van der Waals surface area contributed by atoms with Crippen LogP contribution >= 0.6 is 22.7 Å². The first kappa shape index (κ1) is 24.6. The monoisotopic (exact) mass is 583 g/mol. The van der Waals surface area contributed by atoms with Crippen molar-refractivity contribution in [3.05, 3.63) is 152 Å². The Balaban J connectivity index is 1.27. The Morgan fingerprint density at radius 3 is 1.91 bits per heavy atom. The van der Waals surface area contributed by atoms with Crippen LogP contribution in [-0.2, 0) is 0 Å². The van der Waals surface area contributed by atoms with Crippen molar-refractivity contribution in [1.29, 1.82) is 0 Å². The minimum Gasteiger partial charge on any atom is -0.309 e. The van der Waals surface area contributed by atoms with Crippen LogP contribution in [0.4, 0.5) is 17.1 Å². The van der Waals surface area contributed by atoms with Gasteiger partial charge in [-0.2, -0.15) is 0 Å². The zero-order valence-corrected chi connectivity index (χ0v) is 24.8. The molecule has 0 bridgehead atoms. The SMILES string of the molecule is c1ccc(-c2ccc(N(c3ccc4c(ccc5sc6ccccc6c54)c3)c3cccc4c3sc3ccccc34)cc2)cc1. The molecule has 43 heavy (non-hydrogen) atoms. The summed E-state index contributed by atoms with van der Waals surface area (Å²) in [6.07, 6.45) is 0. The summed E-state index contributed by atoms with van der Waals surface area (Å²) >= 11 is 3.75. The fourth-order valence-corrected chi connectivity index (χ4v) is 8.78. The maximum Gasteiger partial charge on any atom is 0.0640 e. The van der Waals surface area contributed by atoms with Crippen molar-refractivity contribution in [3.8, 4) is 11.1 Å². The molecule has 202 valence electrons. The topological polar surface area (TPSA) is 3.24 Å². The summed E-state index contributed by atoms with van der Waals surface area (Å²) in [5.41, 5.74) is 5.95. The molecule has 9 aromatic rings. The van der Waals surface area contributed by atoms with Gasteiger partial charge in [0, 0.05) is 47.0 Å². The number of fused-ring (bicyclic) bond motifs is 8. The van der Waals surface area contributed by atoms with E-state index in [4.69, 9.17) is 0 Å². The standard InChI is InChI=1S/C40H25NS2/c1-2-9-26(10-3-1)27-17-20-29(21-18-27)41(35-14-8-13-33-32-11-4-6-15-36(32)43-40(33)35)30-22-23-31-28(25-30)19-24-38-39(31)34-12-5-7-16-37(34)42-38/h1-25H. The Kier molecular flexibility index (Phi) is 5.62. The second-order valence-electron chi connectivity index (χ2n) is 10.9. The molecule has 3 heteroatoms. The summed E-state index contributed by atoms with van der Waals surface area (Å²) in [5, 5.41) is 7.87. The minimum absolute atomic E-state index is 1.14. The predicted molar refractivity (Wildman–Crippen MR) is 190 cm³/mol. The van der Waals surface area contributed by atoms with Gasteiger partial charge < -0.3 is 4.90 Å². The van der Waals surface area contributed by atoms with Crippen LogP contribution in [0.25, 0.3) is 62.2 Å².